The highest BCUT2D eigenvalue weighted by atomic mass is 32.2. The monoisotopic (exact) mass is 193 g/mol. The molecule has 0 spiro atoms. The average Bonchev–Trinajstić information content (AvgIpc) is 1.82. The van der Waals surface area contributed by atoms with Gasteiger partial charge in [0.1, 0.15) is 0 Å². The molecule has 74 valence electrons. The molecule has 0 aliphatic rings. The van der Waals surface area contributed by atoms with Gasteiger partial charge >= 0.3 is 0 Å². The van der Waals surface area contributed by atoms with Crippen LogP contribution in [0.3, 0.4) is 0 Å². The van der Waals surface area contributed by atoms with E-state index in [-0.39, 0.29) is 6.04 Å². The van der Waals surface area contributed by atoms with Crippen LogP contribution in [0.15, 0.2) is 0 Å². The third-order valence-corrected chi connectivity index (χ3v) is 3.36. The summed E-state index contributed by atoms with van der Waals surface area (Å²) in [4.78, 5) is 0. The van der Waals surface area contributed by atoms with Gasteiger partial charge in [-0.15, -0.1) is 0 Å². The van der Waals surface area contributed by atoms with Crippen molar-refractivity contribution in [3.63, 3.8) is 0 Å². The van der Waals surface area contributed by atoms with Gasteiger partial charge in [-0.2, -0.15) is 0 Å². The second-order valence-electron chi connectivity index (χ2n) is 3.76. The van der Waals surface area contributed by atoms with E-state index in [0.29, 0.717) is 5.92 Å². The SMILES string of the molecule is CC(C)C[C@@H](C)N(C)S(C)(=O)=O. The van der Waals surface area contributed by atoms with Crippen LogP contribution in [0.4, 0.5) is 0 Å². The molecule has 0 amide bonds. The topological polar surface area (TPSA) is 37.4 Å². The van der Waals surface area contributed by atoms with E-state index in [1.807, 2.05) is 6.92 Å². The Morgan fingerprint density at radius 3 is 1.92 bits per heavy atom. The van der Waals surface area contributed by atoms with Crippen LogP contribution in [0.1, 0.15) is 27.2 Å². The fraction of sp³-hybridized carbons (Fsp3) is 1.00. The summed E-state index contributed by atoms with van der Waals surface area (Å²) in [5.41, 5.74) is 0. The fourth-order valence-corrected chi connectivity index (χ4v) is 1.90. The third kappa shape index (κ3) is 4.07. The minimum absolute atomic E-state index is 0.0972. The molecule has 1 atom stereocenters. The maximum atomic E-state index is 11.1. The summed E-state index contributed by atoms with van der Waals surface area (Å²) >= 11 is 0. The van der Waals surface area contributed by atoms with Crippen molar-refractivity contribution in [1.29, 1.82) is 0 Å². The maximum absolute atomic E-state index is 11.1. The molecule has 0 aromatic rings. The van der Waals surface area contributed by atoms with E-state index in [0.717, 1.165) is 6.42 Å². The molecule has 0 saturated heterocycles. The zero-order chi connectivity index (χ0) is 9.94. The summed E-state index contributed by atoms with van der Waals surface area (Å²) in [6.45, 7) is 6.11. The highest BCUT2D eigenvalue weighted by Crippen LogP contribution is 2.11. The third-order valence-electron chi connectivity index (χ3n) is 1.96. The van der Waals surface area contributed by atoms with Gasteiger partial charge in [-0.1, -0.05) is 13.8 Å². The Morgan fingerprint density at radius 1 is 1.25 bits per heavy atom. The van der Waals surface area contributed by atoms with Crippen molar-refractivity contribution in [1.82, 2.24) is 4.31 Å². The van der Waals surface area contributed by atoms with E-state index in [9.17, 15) is 8.42 Å². The number of rotatable bonds is 4. The molecule has 0 rings (SSSR count). The van der Waals surface area contributed by atoms with Crippen LogP contribution >= 0.6 is 0 Å². The molecule has 3 nitrogen and oxygen atoms in total. The molecule has 0 N–H and O–H groups in total. The van der Waals surface area contributed by atoms with Gasteiger partial charge in [-0.3, -0.25) is 0 Å². The molecule has 0 bridgehead atoms. The second-order valence-corrected chi connectivity index (χ2v) is 5.80. The highest BCUT2D eigenvalue weighted by Gasteiger charge is 2.18. The van der Waals surface area contributed by atoms with Gasteiger partial charge in [0, 0.05) is 13.1 Å². The normalized spacial score (nSPS) is 15.6. The zero-order valence-corrected chi connectivity index (χ0v) is 9.35. The summed E-state index contributed by atoms with van der Waals surface area (Å²) in [6, 6.07) is 0.0972. The van der Waals surface area contributed by atoms with E-state index >= 15 is 0 Å². The molecule has 0 heterocycles. The Kier molecular flexibility index (Phi) is 4.20. The number of nitrogens with zero attached hydrogens (tertiary/aromatic N) is 1. The fourth-order valence-electron chi connectivity index (χ4n) is 1.16. The van der Waals surface area contributed by atoms with Crippen molar-refractivity contribution in [2.24, 2.45) is 5.92 Å². The van der Waals surface area contributed by atoms with E-state index < -0.39 is 10.0 Å². The lowest BCUT2D eigenvalue weighted by molar-refractivity contribution is 0.340. The largest absolute Gasteiger partial charge is 0.213 e. The van der Waals surface area contributed by atoms with Gasteiger partial charge in [0.15, 0.2) is 0 Å². The standard InChI is InChI=1S/C8H19NO2S/c1-7(2)6-8(3)9(4)12(5,10)11/h7-8H,6H2,1-5H3/t8-/m1/s1. The van der Waals surface area contributed by atoms with Crippen LogP contribution < -0.4 is 0 Å². The van der Waals surface area contributed by atoms with Crippen molar-refractivity contribution < 1.29 is 8.42 Å². The zero-order valence-electron chi connectivity index (χ0n) is 8.53. The van der Waals surface area contributed by atoms with E-state index in [2.05, 4.69) is 13.8 Å². The Labute approximate surface area is 75.8 Å². The molecule has 12 heavy (non-hydrogen) atoms. The number of sulfonamides is 1. The maximum Gasteiger partial charge on any atom is 0.211 e. The van der Waals surface area contributed by atoms with Gasteiger partial charge in [-0.25, -0.2) is 12.7 Å². The smallest absolute Gasteiger partial charge is 0.211 e. The van der Waals surface area contributed by atoms with E-state index in [1.165, 1.54) is 10.6 Å². The van der Waals surface area contributed by atoms with Crippen LogP contribution in [0.2, 0.25) is 0 Å². The van der Waals surface area contributed by atoms with Crippen LogP contribution in [-0.4, -0.2) is 32.1 Å². The summed E-state index contributed by atoms with van der Waals surface area (Å²) in [7, 11) is -1.39. The Balaban J connectivity index is 4.21. The molecule has 0 saturated carbocycles. The Hall–Kier alpha value is -0.0900. The first kappa shape index (κ1) is 11.9. The van der Waals surface area contributed by atoms with Crippen molar-refractivity contribution in [2.45, 2.75) is 33.2 Å². The highest BCUT2D eigenvalue weighted by molar-refractivity contribution is 7.88. The van der Waals surface area contributed by atoms with E-state index in [4.69, 9.17) is 0 Å². The summed E-state index contributed by atoms with van der Waals surface area (Å²) in [6.07, 6.45) is 2.15. The predicted octanol–water partition coefficient (Wildman–Crippen LogP) is 1.31. The van der Waals surface area contributed by atoms with E-state index in [1.54, 1.807) is 7.05 Å². The average molecular weight is 193 g/mol. The minimum Gasteiger partial charge on any atom is -0.213 e. The van der Waals surface area contributed by atoms with Crippen LogP contribution in [0, 0.1) is 5.92 Å². The molecule has 0 aromatic carbocycles. The summed E-state index contributed by atoms with van der Waals surface area (Å²) in [5.74, 6) is 0.532. The van der Waals surface area contributed by atoms with Crippen molar-refractivity contribution in [3.8, 4) is 0 Å². The lowest BCUT2D eigenvalue weighted by atomic mass is 10.1. The number of hydrogen-bond donors (Lipinski definition) is 0. The predicted molar refractivity (Wildman–Crippen MR) is 51.5 cm³/mol. The first-order chi connectivity index (χ1) is 5.25. The lowest BCUT2D eigenvalue weighted by Gasteiger charge is -2.23. The van der Waals surface area contributed by atoms with Crippen LogP contribution in [0.5, 0.6) is 0 Å². The minimum atomic E-state index is -3.01. The molecule has 0 fully saturated rings. The molecule has 0 aliphatic carbocycles. The van der Waals surface area contributed by atoms with Gasteiger partial charge in [0.25, 0.3) is 0 Å². The van der Waals surface area contributed by atoms with Crippen molar-refractivity contribution >= 4 is 10.0 Å². The molecular weight excluding hydrogens is 174 g/mol. The second kappa shape index (κ2) is 4.23. The molecular formula is C8H19NO2S. The van der Waals surface area contributed by atoms with Crippen LogP contribution in [-0.2, 0) is 10.0 Å². The van der Waals surface area contributed by atoms with Gasteiger partial charge in [0.2, 0.25) is 10.0 Å². The molecule has 0 unspecified atom stereocenters. The molecule has 0 radical (unpaired) electrons. The molecule has 0 aliphatic heterocycles. The Morgan fingerprint density at radius 2 is 1.67 bits per heavy atom. The quantitative estimate of drug-likeness (QED) is 0.675. The van der Waals surface area contributed by atoms with Gasteiger partial charge < -0.3 is 0 Å². The van der Waals surface area contributed by atoms with Gasteiger partial charge in [-0.05, 0) is 19.3 Å². The van der Waals surface area contributed by atoms with Crippen molar-refractivity contribution in [3.05, 3.63) is 0 Å². The lowest BCUT2D eigenvalue weighted by Crippen LogP contribution is -2.34. The van der Waals surface area contributed by atoms with Crippen molar-refractivity contribution in [2.75, 3.05) is 13.3 Å². The Bertz CT molecular complexity index is 221. The number of hydrogen-bond acceptors (Lipinski definition) is 2. The molecule has 0 aromatic heterocycles. The van der Waals surface area contributed by atoms with Gasteiger partial charge in [0.05, 0.1) is 6.26 Å². The first-order valence-electron chi connectivity index (χ1n) is 4.18. The summed E-state index contributed by atoms with van der Waals surface area (Å²) in [5, 5.41) is 0. The molecule has 4 heteroatoms. The first-order valence-corrected chi connectivity index (χ1v) is 6.03. The summed E-state index contributed by atoms with van der Waals surface area (Å²) < 4.78 is 23.6. The van der Waals surface area contributed by atoms with Crippen LogP contribution in [0.25, 0.3) is 0 Å².